The largest absolute Gasteiger partial charge is 0.467 e. The average molecular weight is 282 g/mol. The number of hydrogen-bond donors (Lipinski definition) is 1. The maximum atomic E-state index is 10.5. The van der Waals surface area contributed by atoms with Gasteiger partial charge in [0.2, 0.25) is 11.2 Å². The lowest BCUT2D eigenvalue weighted by Crippen LogP contribution is -2.01. The molecule has 0 unspecified atom stereocenters. The fourth-order valence-electron chi connectivity index (χ4n) is 1.27. The van der Waals surface area contributed by atoms with Crippen LogP contribution in [0.1, 0.15) is 0 Å². The molecule has 9 heteroatoms. The van der Waals surface area contributed by atoms with Crippen LogP contribution in [0.4, 0.5) is 17.3 Å². The molecule has 0 bridgehead atoms. The standard InChI is InChI=1S/C10H8ClN5O3/c1-19-10-14-8(11)13-9(15-10)12-6-2-4-7(5-3-6)16(17)18/h2-5H,1H3,(H,12,13,14,15). The quantitative estimate of drug-likeness (QED) is 0.676. The summed E-state index contributed by atoms with van der Waals surface area (Å²) in [5, 5.41) is 13.3. The van der Waals surface area contributed by atoms with Crippen molar-refractivity contribution in [3.05, 3.63) is 39.7 Å². The van der Waals surface area contributed by atoms with Gasteiger partial charge in [-0.15, -0.1) is 0 Å². The van der Waals surface area contributed by atoms with Crippen LogP contribution in [-0.2, 0) is 0 Å². The zero-order valence-electron chi connectivity index (χ0n) is 9.70. The summed E-state index contributed by atoms with van der Waals surface area (Å²) in [6.07, 6.45) is 0. The predicted molar refractivity (Wildman–Crippen MR) is 67.8 cm³/mol. The molecule has 1 aromatic carbocycles. The molecule has 0 spiro atoms. The van der Waals surface area contributed by atoms with Crippen LogP contribution in [0.2, 0.25) is 5.28 Å². The van der Waals surface area contributed by atoms with Crippen molar-refractivity contribution in [2.75, 3.05) is 12.4 Å². The molecule has 0 radical (unpaired) electrons. The third-order valence-corrected chi connectivity index (χ3v) is 2.27. The molecule has 8 nitrogen and oxygen atoms in total. The summed E-state index contributed by atoms with van der Waals surface area (Å²) in [7, 11) is 1.40. The van der Waals surface area contributed by atoms with Crippen LogP contribution in [0, 0.1) is 10.1 Å². The van der Waals surface area contributed by atoms with Gasteiger partial charge in [0.05, 0.1) is 12.0 Å². The fraction of sp³-hybridized carbons (Fsp3) is 0.100. The number of rotatable bonds is 4. The second-order valence-corrected chi connectivity index (χ2v) is 3.68. The van der Waals surface area contributed by atoms with Gasteiger partial charge in [0, 0.05) is 17.8 Å². The molecule has 0 aliphatic heterocycles. The predicted octanol–water partition coefficient (Wildman–Crippen LogP) is 2.19. The minimum Gasteiger partial charge on any atom is -0.467 e. The van der Waals surface area contributed by atoms with Gasteiger partial charge in [-0.25, -0.2) is 0 Å². The Labute approximate surface area is 112 Å². The van der Waals surface area contributed by atoms with Gasteiger partial charge in [-0.3, -0.25) is 10.1 Å². The number of benzene rings is 1. The van der Waals surface area contributed by atoms with Crippen molar-refractivity contribution < 1.29 is 9.66 Å². The Morgan fingerprint density at radius 1 is 1.26 bits per heavy atom. The Bertz CT molecular complexity index is 605. The maximum Gasteiger partial charge on any atom is 0.322 e. The first kappa shape index (κ1) is 13.0. The number of methoxy groups -OCH3 is 1. The average Bonchev–Trinajstić information content (AvgIpc) is 2.38. The van der Waals surface area contributed by atoms with E-state index in [4.69, 9.17) is 16.3 Å². The van der Waals surface area contributed by atoms with Crippen LogP contribution in [-0.4, -0.2) is 27.0 Å². The van der Waals surface area contributed by atoms with Crippen LogP contribution in [0.5, 0.6) is 6.01 Å². The molecule has 1 heterocycles. The number of halogens is 1. The van der Waals surface area contributed by atoms with Crippen molar-refractivity contribution in [3.63, 3.8) is 0 Å². The molecule has 2 aromatic rings. The zero-order valence-corrected chi connectivity index (χ0v) is 10.5. The maximum absolute atomic E-state index is 10.5. The van der Waals surface area contributed by atoms with E-state index in [0.717, 1.165) is 0 Å². The van der Waals surface area contributed by atoms with E-state index in [1.54, 1.807) is 0 Å². The van der Waals surface area contributed by atoms with Crippen molar-refractivity contribution in [1.29, 1.82) is 0 Å². The van der Waals surface area contributed by atoms with Gasteiger partial charge in [-0.2, -0.15) is 15.0 Å². The number of aromatic nitrogens is 3. The van der Waals surface area contributed by atoms with Crippen molar-refractivity contribution >= 4 is 28.9 Å². The van der Waals surface area contributed by atoms with Crippen LogP contribution in [0.3, 0.4) is 0 Å². The molecular formula is C10H8ClN5O3. The molecule has 1 aromatic heterocycles. The third-order valence-electron chi connectivity index (χ3n) is 2.10. The van der Waals surface area contributed by atoms with E-state index in [0.29, 0.717) is 5.69 Å². The number of nitro groups is 1. The first-order chi connectivity index (χ1) is 9.08. The molecule has 2 rings (SSSR count). The van der Waals surface area contributed by atoms with Gasteiger partial charge in [0.1, 0.15) is 0 Å². The molecule has 0 saturated heterocycles. The monoisotopic (exact) mass is 281 g/mol. The molecule has 19 heavy (non-hydrogen) atoms. The molecule has 0 fully saturated rings. The van der Waals surface area contributed by atoms with Gasteiger partial charge in [0.25, 0.3) is 5.69 Å². The van der Waals surface area contributed by atoms with Gasteiger partial charge in [0.15, 0.2) is 0 Å². The van der Waals surface area contributed by atoms with Crippen LogP contribution in [0.15, 0.2) is 24.3 Å². The summed E-state index contributed by atoms with van der Waals surface area (Å²) in [5.74, 6) is 0.186. The molecule has 0 saturated carbocycles. The molecular weight excluding hydrogens is 274 g/mol. The summed E-state index contributed by atoms with van der Waals surface area (Å²) in [6, 6.07) is 5.86. The first-order valence-corrected chi connectivity index (χ1v) is 5.43. The molecule has 0 amide bonds. The third kappa shape index (κ3) is 3.26. The van der Waals surface area contributed by atoms with Crippen molar-refractivity contribution in [1.82, 2.24) is 15.0 Å². The summed E-state index contributed by atoms with van der Waals surface area (Å²) in [4.78, 5) is 21.5. The highest BCUT2D eigenvalue weighted by atomic mass is 35.5. The SMILES string of the molecule is COc1nc(Cl)nc(Nc2ccc([N+](=O)[O-])cc2)n1. The second-order valence-electron chi connectivity index (χ2n) is 3.34. The highest BCUT2D eigenvalue weighted by molar-refractivity contribution is 6.28. The number of nitrogens with one attached hydrogen (secondary N) is 1. The van der Waals surface area contributed by atoms with E-state index >= 15 is 0 Å². The molecule has 1 N–H and O–H groups in total. The minimum atomic E-state index is -0.480. The first-order valence-electron chi connectivity index (χ1n) is 5.05. The van der Waals surface area contributed by atoms with Crippen LogP contribution in [0.25, 0.3) is 0 Å². The lowest BCUT2D eigenvalue weighted by atomic mass is 10.3. The normalized spacial score (nSPS) is 10.0. The Morgan fingerprint density at radius 2 is 1.95 bits per heavy atom. The second kappa shape index (κ2) is 5.44. The lowest BCUT2D eigenvalue weighted by molar-refractivity contribution is -0.384. The van der Waals surface area contributed by atoms with Gasteiger partial charge < -0.3 is 10.1 Å². The van der Waals surface area contributed by atoms with E-state index in [1.165, 1.54) is 31.4 Å². The lowest BCUT2D eigenvalue weighted by Gasteiger charge is -2.05. The Kier molecular flexibility index (Phi) is 3.71. The highest BCUT2D eigenvalue weighted by Crippen LogP contribution is 2.19. The van der Waals surface area contributed by atoms with Crippen molar-refractivity contribution in [2.45, 2.75) is 0 Å². The number of nitro benzene ring substituents is 1. The van der Waals surface area contributed by atoms with Crippen LogP contribution >= 0.6 is 11.6 Å². The number of ether oxygens (including phenoxy) is 1. The van der Waals surface area contributed by atoms with E-state index in [9.17, 15) is 10.1 Å². The summed E-state index contributed by atoms with van der Waals surface area (Å²) < 4.78 is 4.85. The number of anilines is 2. The Hall–Kier alpha value is -2.48. The van der Waals surface area contributed by atoms with Gasteiger partial charge in [-0.1, -0.05) is 0 Å². The molecule has 0 aliphatic rings. The van der Waals surface area contributed by atoms with E-state index < -0.39 is 4.92 Å². The minimum absolute atomic E-state index is 0.00295. The van der Waals surface area contributed by atoms with E-state index in [-0.39, 0.29) is 22.9 Å². The number of hydrogen-bond acceptors (Lipinski definition) is 7. The summed E-state index contributed by atoms with van der Waals surface area (Å²) in [5.41, 5.74) is 0.576. The topological polar surface area (TPSA) is 103 Å². The molecule has 0 atom stereocenters. The van der Waals surface area contributed by atoms with E-state index in [2.05, 4.69) is 20.3 Å². The Balaban J connectivity index is 2.21. The van der Waals surface area contributed by atoms with Crippen molar-refractivity contribution in [2.24, 2.45) is 0 Å². The van der Waals surface area contributed by atoms with E-state index in [1.807, 2.05) is 0 Å². The zero-order chi connectivity index (χ0) is 13.8. The number of nitrogens with zero attached hydrogens (tertiary/aromatic N) is 4. The van der Waals surface area contributed by atoms with Crippen LogP contribution < -0.4 is 10.1 Å². The number of non-ortho nitro benzene ring substituents is 1. The van der Waals surface area contributed by atoms with Gasteiger partial charge >= 0.3 is 6.01 Å². The van der Waals surface area contributed by atoms with Gasteiger partial charge in [-0.05, 0) is 23.7 Å². The fourth-order valence-corrected chi connectivity index (χ4v) is 1.43. The molecule has 98 valence electrons. The summed E-state index contributed by atoms with van der Waals surface area (Å²) >= 11 is 5.69. The Morgan fingerprint density at radius 3 is 2.53 bits per heavy atom. The summed E-state index contributed by atoms with van der Waals surface area (Å²) in [6.45, 7) is 0. The molecule has 0 aliphatic carbocycles. The highest BCUT2D eigenvalue weighted by Gasteiger charge is 2.07. The smallest absolute Gasteiger partial charge is 0.322 e. The van der Waals surface area contributed by atoms with Crippen molar-refractivity contribution in [3.8, 4) is 6.01 Å².